The van der Waals surface area contributed by atoms with Gasteiger partial charge in [-0.2, -0.15) is 0 Å². The predicted molar refractivity (Wildman–Crippen MR) is 71.9 cm³/mol. The number of ether oxygens (including phenoxy) is 2. The Morgan fingerprint density at radius 3 is 2.83 bits per heavy atom. The van der Waals surface area contributed by atoms with Crippen LogP contribution in [0.4, 0.5) is 0 Å². The highest BCUT2D eigenvalue weighted by atomic mass is 16.5. The van der Waals surface area contributed by atoms with Crippen molar-refractivity contribution in [1.82, 2.24) is 5.32 Å². The normalized spacial score (nSPS) is 14.2. The molecular weight excluding hydrogens is 230 g/mol. The summed E-state index contributed by atoms with van der Waals surface area (Å²) < 4.78 is 10.3. The van der Waals surface area contributed by atoms with Crippen molar-refractivity contribution < 1.29 is 14.6 Å². The van der Waals surface area contributed by atoms with Gasteiger partial charge in [0.1, 0.15) is 5.75 Å². The molecule has 0 aromatic heterocycles. The lowest BCUT2D eigenvalue weighted by Crippen LogP contribution is -2.32. The molecule has 0 aliphatic rings. The van der Waals surface area contributed by atoms with Crippen LogP contribution in [0.25, 0.3) is 0 Å². The van der Waals surface area contributed by atoms with E-state index in [2.05, 4.69) is 12.2 Å². The maximum atomic E-state index is 9.66. The van der Waals surface area contributed by atoms with Gasteiger partial charge in [-0.1, -0.05) is 12.1 Å². The van der Waals surface area contributed by atoms with Gasteiger partial charge in [0.2, 0.25) is 0 Å². The maximum absolute atomic E-state index is 9.66. The first-order chi connectivity index (χ1) is 8.67. The quantitative estimate of drug-likeness (QED) is 0.741. The van der Waals surface area contributed by atoms with Crippen molar-refractivity contribution in [1.29, 1.82) is 0 Å². The van der Waals surface area contributed by atoms with Crippen LogP contribution in [-0.4, -0.2) is 38.1 Å². The molecule has 102 valence electrons. The third-order valence-corrected chi connectivity index (χ3v) is 2.77. The van der Waals surface area contributed by atoms with Crippen LogP contribution >= 0.6 is 0 Å². The Morgan fingerprint density at radius 1 is 1.39 bits per heavy atom. The van der Waals surface area contributed by atoms with E-state index in [9.17, 15) is 5.11 Å². The Morgan fingerprint density at radius 2 is 2.17 bits per heavy atom. The summed E-state index contributed by atoms with van der Waals surface area (Å²) in [6.45, 7) is 5.48. The van der Waals surface area contributed by atoms with Crippen molar-refractivity contribution in [2.45, 2.75) is 26.0 Å². The summed E-state index contributed by atoms with van der Waals surface area (Å²) in [5, 5.41) is 12.9. The van der Waals surface area contributed by atoms with Crippen LogP contribution < -0.4 is 10.1 Å². The number of methoxy groups -OCH3 is 1. The van der Waals surface area contributed by atoms with E-state index in [1.807, 2.05) is 31.2 Å². The molecule has 0 fully saturated rings. The van der Waals surface area contributed by atoms with Gasteiger partial charge in [-0.25, -0.2) is 0 Å². The topological polar surface area (TPSA) is 50.7 Å². The first kappa shape index (κ1) is 15.0. The van der Waals surface area contributed by atoms with Gasteiger partial charge in [0.25, 0.3) is 0 Å². The molecule has 0 amide bonds. The molecule has 4 nitrogen and oxygen atoms in total. The number of benzene rings is 1. The first-order valence-corrected chi connectivity index (χ1v) is 6.30. The second-order valence-corrected chi connectivity index (χ2v) is 4.22. The average Bonchev–Trinajstić information content (AvgIpc) is 2.42. The lowest BCUT2D eigenvalue weighted by Gasteiger charge is -2.18. The zero-order valence-electron chi connectivity index (χ0n) is 11.3. The van der Waals surface area contributed by atoms with Crippen LogP contribution in [0.5, 0.6) is 5.75 Å². The smallest absolute Gasteiger partial charge is 0.119 e. The highest BCUT2D eigenvalue weighted by Crippen LogP contribution is 2.18. The molecule has 2 N–H and O–H groups in total. The highest BCUT2D eigenvalue weighted by molar-refractivity contribution is 5.30. The van der Waals surface area contributed by atoms with Crippen molar-refractivity contribution in [3.63, 3.8) is 0 Å². The molecule has 1 rings (SSSR count). The molecule has 0 bridgehead atoms. The SMILES string of the molecule is CCOCC(O)CN[C@H](C)c1cccc(OC)c1. The monoisotopic (exact) mass is 253 g/mol. The Kier molecular flexibility index (Phi) is 6.72. The van der Waals surface area contributed by atoms with Gasteiger partial charge in [-0.05, 0) is 31.5 Å². The molecule has 1 unspecified atom stereocenters. The van der Waals surface area contributed by atoms with E-state index in [1.54, 1.807) is 7.11 Å². The summed E-state index contributed by atoms with van der Waals surface area (Å²) in [5.74, 6) is 0.844. The number of rotatable bonds is 8. The highest BCUT2D eigenvalue weighted by Gasteiger charge is 2.09. The average molecular weight is 253 g/mol. The standard InChI is InChI=1S/C14H23NO3/c1-4-18-10-13(16)9-15-11(2)12-6-5-7-14(8-12)17-3/h5-8,11,13,15-16H,4,9-10H2,1-3H3/t11-,13?/m1/s1. The third kappa shape index (κ3) is 5.04. The molecule has 0 radical (unpaired) electrons. The molecule has 18 heavy (non-hydrogen) atoms. The number of nitrogens with one attached hydrogen (secondary N) is 1. The maximum Gasteiger partial charge on any atom is 0.119 e. The van der Waals surface area contributed by atoms with Crippen LogP contribution in [0.15, 0.2) is 24.3 Å². The van der Waals surface area contributed by atoms with Crippen molar-refractivity contribution in [3.05, 3.63) is 29.8 Å². The van der Waals surface area contributed by atoms with Crippen LogP contribution in [-0.2, 0) is 4.74 Å². The molecule has 2 atom stereocenters. The van der Waals surface area contributed by atoms with Crippen molar-refractivity contribution >= 4 is 0 Å². The van der Waals surface area contributed by atoms with Crippen molar-refractivity contribution in [3.8, 4) is 5.75 Å². The fourth-order valence-corrected chi connectivity index (χ4v) is 1.65. The fraction of sp³-hybridized carbons (Fsp3) is 0.571. The van der Waals surface area contributed by atoms with Gasteiger partial charge in [-0.15, -0.1) is 0 Å². The van der Waals surface area contributed by atoms with E-state index >= 15 is 0 Å². The van der Waals surface area contributed by atoms with E-state index in [4.69, 9.17) is 9.47 Å². The van der Waals surface area contributed by atoms with E-state index in [-0.39, 0.29) is 6.04 Å². The Bertz CT molecular complexity index is 344. The molecule has 0 spiro atoms. The fourth-order valence-electron chi connectivity index (χ4n) is 1.65. The number of aliphatic hydroxyl groups excluding tert-OH is 1. The van der Waals surface area contributed by atoms with Gasteiger partial charge in [0, 0.05) is 19.2 Å². The number of hydrogen-bond donors (Lipinski definition) is 2. The lowest BCUT2D eigenvalue weighted by molar-refractivity contribution is 0.0416. The lowest BCUT2D eigenvalue weighted by atomic mass is 10.1. The Balaban J connectivity index is 2.41. The minimum atomic E-state index is -0.474. The summed E-state index contributed by atoms with van der Waals surface area (Å²) >= 11 is 0. The number of aliphatic hydroxyl groups is 1. The summed E-state index contributed by atoms with van der Waals surface area (Å²) in [7, 11) is 1.66. The molecule has 1 aromatic rings. The van der Waals surface area contributed by atoms with E-state index in [0.717, 1.165) is 11.3 Å². The minimum Gasteiger partial charge on any atom is -0.497 e. The van der Waals surface area contributed by atoms with Crippen molar-refractivity contribution in [2.75, 3.05) is 26.9 Å². The largest absolute Gasteiger partial charge is 0.497 e. The van der Waals surface area contributed by atoms with Crippen LogP contribution in [0.1, 0.15) is 25.5 Å². The number of hydrogen-bond acceptors (Lipinski definition) is 4. The van der Waals surface area contributed by atoms with Gasteiger partial charge < -0.3 is 19.9 Å². The summed E-state index contributed by atoms with van der Waals surface area (Å²) in [6.07, 6.45) is -0.474. The van der Waals surface area contributed by atoms with Gasteiger partial charge in [0.05, 0.1) is 19.8 Å². The summed E-state index contributed by atoms with van der Waals surface area (Å²) in [4.78, 5) is 0. The summed E-state index contributed by atoms with van der Waals surface area (Å²) in [6, 6.07) is 8.07. The third-order valence-electron chi connectivity index (χ3n) is 2.77. The van der Waals surface area contributed by atoms with Crippen LogP contribution in [0.3, 0.4) is 0 Å². The Hall–Kier alpha value is -1.10. The van der Waals surface area contributed by atoms with Gasteiger partial charge >= 0.3 is 0 Å². The second-order valence-electron chi connectivity index (χ2n) is 4.22. The molecular formula is C14H23NO3. The zero-order chi connectivity index (χ0) is 13.4. The summed E-state index contributed by atoms with van der Waals surface area (Å²) in [5.41, 5.74) is 1.14. The zero-order valence-corrected chi connectivity index (χ0v) is 11.3. The van der Waals surface area contributed by atoms with Gasteiger partial charge in [-0.3, -0.25) is 0 Å². The van der Waals surface area contributed by atoms with E-state index < -0.39 is 6.10 Å². The molecule has 0 heterocycles. The predicted octanol–water partition coefficient (Wildman–Crippen LogP) is 1.74. The van der Waals surface area contributed by atoms with Crippen molar-refractivity contribution in [2.24, 2.45) is 0 Å². The second kappa shape index (κ2) is 8.08. The van der Waals surface area contributed by atoms with Crippen LogP contribution in [0.2, 0.25) is 0 Å². The molecule has 0 saturated heterocycles. The van der Waals surface area contributed by atoms with E-state index in [1.165, 1.54) is 0 Å². The van der Waals surface area contributed by atoms with E-state index in [0.29, 0.717) is 19.8 Å². The first-order valence-electron chi connectivity index (χ1n) is 6.30. The van der Waals surface area contributed by atoms with Crippen LogP contribution in [0, 0.1) is 0 Å². The molecule has 0 saturated carbocycles. The molecule has 1 aromatic carbocycles. The van der Waals surface area contributed by atoms with Gasteiger partial charge in [0.15, 0.2) is 0 Å². The molecule has 0 aliphatic carbocycles. The molecule has 4 heteroatoms. The molecule has 0 aliphatic heterocycles. The minimum absolute atomic E-state index is 0.163. The Labute approximate surface area is 109 Å².